The lowest BCUT2D eigenvalue weighted by Gasteiger charge is -2.24. The zero-order chi connectivity index (χ0) is 14.5. The smallest absolute Gasteiger partial charge is 0.0558 e. The molecular formula is C15H24BrN3O. The molecule has 0 aromatic heterocycles. The van der Waals surface area contributed by atoms with Gasteiger partial charge in [-0.1, -0.05) is 22.0 Å². The zero-order valence-corrected chi connectivity index (χ0v) is 13.6. The molecule has 1 atom stereocenters. The van der Waals surface area contributed by atoms with Gasteiger partial charge in [-0.15, -0.1) is 0 Å². The number of aliphatic hydroxyl groups is 1. The summed E-state index contributed by atoms with van der Waals surface area (Å²) in [6, 6.07) is 6.48. The fourth-order valence-electron chi connectivity index (χ4n) is 2.68. The number of nitrogens with two attached hydrogens (primary N) is 1. The molecule has 112 valence electrons. The van der Waals surface area contributed by atoms with E-state index < -0.39 is 0 Å². The number of halogens is 1. The molecular weight excluding hydrogens is 318 g/mol. The molecule has 0 bridgehead atoms. The number of nitrogens with zero attached hydrogens (tertiary/aromatic N) is 2. The SMILES string of the molecule is C[C@@H](N)c1ccc(N2CCCN(CCO)CC2)cc1Br. The van der Waals surface area contributed by atoms with Crippen LogP contribution >= 0.6 is 15.9 Å². The van der Waals surface area contributed by atoms with Gasteiger partial charge in [0.05, 0.1) is 6.61 Å². The summed E-state index contributed by atoms with van der Waals surface area (Å²) in [6.45, 7) is 7.16. The molecule has 2 rings (SSSR count). The highest BCUT2D eigenvalue weighted by Crippen LogP contribution is 2.28. The van der Waals surface area contributed by atoms with Gasteiger partial charge < -0.3 is 15.7 Å². The van der Waals surface area contributed by atoms with Crippen LogP contribution in [0.25, 0.3) is 0 Å². The Bertz CT molecular complexity index is 439. The van der Waals surface area contributed by atoms with E-state index in [1.807, 2.05) is 6.92 Å². The molecule has 1 saturated heterocycles. The van der Waals surface area contributed by atoms with Crippen LogP contribution < -0.4 is 10.6 Å². The molecule has 1 aliphatic rings. The van der Waals surface area contributed by atoms with Gasteiger partial charge in [0, 0.05) is 42.4 Å². The molecule has 0 aliphatic carbocycles. The van der Waals surface area contributed by atoms with Crippen molar-refractivity contribution < 1.29 is 5.11 Å². The van der Waals surface area contributed by atoms with E-state index in [4.69, 9.17) is 10.8 Å². The maximum atomic E-state index is 9.04. The van der Waals surface area contributed by atoms with Crippen LogP contribution in [0.3, 0.4) is 0 Å². The highest BCUT2D eigenvalue weighted by molar-refractivity contribution is 9.10. The summed E-state index contributed by atoms with van der Waals surface area (Å²) in [5.41, 5.74) is 8.33. The van der Waals surface area contributed by atoms with Gasteiger partial charge in [0.15, 0.2) is 0 Å². The normalized spacial score (nSPS) is 18.9. The molecule has 0 amide bonds. The van der Waals surface area contributed by atoms with E-state index in [1.54, 1.807) is 0 Å². The molecule has 1 aliphatic heterocycles. The Balaban J connectivity index is 2.06. The highest BCUT2D eigenvalue weighted by Gasteiger charge is 2.16. The maximum Gasteiger partial charge on any atom is 0.0558 e. The number of rotatable bonds is 4. The number of hydrogen-bond donors (Lipinski definition) is 2. The molecule has 4 nitrogen and oxygen atoms in total. The number of benzene rings is 1. The number of β-amino-alcohol motifs (C(OH)–C–C–N with tert-alkyl or cyclic N) is 1. The Morgan fingerprint density at radius 3 is 2.75 bits per heavy atom. The van der Waals surface area contributed by atoms with Gasteiger partial charge in [0.25, 0.3) is 0 Å². The lowest BCUT2D eigenvalue weighted by molar-refractivity contribution is 0.204. The van der Waals surface area contributed by atoms with Crippen LogP contribution in [0.2, 0.25) is 0 Å². The Hall–Kier alpha value is -0.620. The van der Waals surface area contributed by atoms with Crippen LogP contribution in [0.1, 0.15) is 24.9 Å². The average molecular weight is 342 g/mol. The predicted octanol–water partition coefficient (Wildman–Crippen LogP) is 1.97. The standard InChI is InChI=1S/C15H24BrN3O/c1-12(17)14-4-3-13(11-15(14)16)19-6-2-5-18(7-8-19)9-10-20/h3-4,11-12,20H,2,5-10,17H2,1H3/t12-/m1/s1. The van der Waals surface area contributed by atoms with E-state index in [-0.39, 0.29) is 12.6 Å². The molecule has 1 fully saturated rings. The van der Waals surface area contributed by atoms with Crippen molar-refractivity contribution in [3.63, 3.8) is 0 Å². The van der Waals surface area contributed by atoms with Gasteiger partial charge in [-0.25, -0.2) is 0 Å². The third kappa shape index (κ3) is 3.95. The average Bonchev–Trinajstić information content (AvgIpc) is 2.64. The molecule has 0 spiro atoms. The van der Waals surface area contributed by atoms with Crippen molar-refractivity contribution in [2.24, 2.45) is 5.73 Å². The molecule has 0 unspecified atom stereocenters. The predicted molar refractivity (Wildman–Crippen MR) is 87.1 cm³/mol. The van der Waals surface area contributed by atoms with Gasteiger partial charge >= 0.3 is 0 Å². The molecule has 5 heteroatoms. The molecule has 1 heterocycles. The molecule has 1 aromatic rings. The third-order valence-electron chi connectivity index (χ3n) is 3.84. The van der Waals surface area contributed by atoms with Crippen LogP contribution in [0.5, 0.6) is 0 Å². The summed E-state index contributed by atoms with van der Waals surface area (Å²) in [5, 5.41) is 9.04. The topological polar surface area (TPSA) is 52.7 Å². The summed E-state index contributed by atoms with van der Waals surface area (Å²) < 4.78 is 1.08. The van der Waals surface area contributed by atoms with Crippen molar-refractivity contribution in [3.05, 3.63) is 28.2 Å². The van der Waals surface area contributed by atoms with Gasteiger partial charge in [-0.2, -0.15) is 0 Å². The first-order valence-corrected chi connectivity index (χ1v) is 8.04. The fourth-order valence-corrected chi connectivity index (χ4v) is 3.40. The van der Waals surface area contributed by atoms with Crippen LogP contribution in [-0.4, -0.2) is 49.3 Å². The Morgan fingerprint density at radius 2 is 2.10 bits per heavy atom. The molecule has 1 aromatic carbocycles. The van der Waals surface area contributed by atoms with Crippen molar-refractivity contribution >= 4 is 21.6 Å². The summed E-state index contributed by atoms with van der Waals surface area (Å²) in [7, 11) is 0. The van der Waals surface area contributed by atoms with E-state index in [9.17, 15) is 0 Å². The number of aliphatic hydroxyl groups excluding tert-OH is 1. The first kappa shape index (κ1) is 15.8. The van der Waals surface area contributed by atoms with Crippen LogP contribution in [0, 0.1) is 0 Å². The second-order valence-corrected chi connectivity index (χ2v) is 6.25. The lowest BCUT2D eigenvalue weighted by Crippen LogP contribution is -2.32. The largest absolute Gasteiger partial charge is 0.395 e. The second-order valence-electron chi connectivity index (χ2n) is 5.40. The van der Waals surface area contributed by atoms with Gasteiger partial charge in [0.1, 0.15) is 0 Å². The number of anilines is 1. The zero-order valence-electron chi connectivity index (χ0n) is 12.1. The van der Waals surface area contributed by atoms with Gasteiger partial charge in [-0.05, 0) is 37.6 Å². The van der Waals surface area contributed by atoms with Crippen LogP contribution in [0.15, 0.2) is 22.7 Å². The minimum absolute atomic E-state index is 0.0441. The van der Waals surface area contributed by atoms with Crippen LogP contribution in [0.4, 0.5) is 5.69 Å². The van der Waals surface area contributed by atoms with E-state index in [1.165, 1.54) is 5.69 Å². The van der Waals surface area contributed by atoms with Crippen molar-refractivity contribution in [1.29, 1.82) is 0 Å². The minimum atomic E-state index is 0.0441. The quantitative estimate of drug-likeness (QED) is 0.879. The second kappa shape index (κ2) is 7.41. The van der Waals surface area contributed by atoms with Crippen molar-refractivity contribution in [1.82, 2.24) is 4.90 Å². The first-order valence-electron chi connectivity index (χ1n) is 7.25. The molecule has 0 saturated carbocycles. The minimum Gasteiger partial charge on any atom is -0.395 e. The van der Waals surface area contributed by atoms with Crippen molar-refractivity contribution in [3.8, 4) is 0 Å². The summed E-state index contributed by atoms with van der Waals surface area (Å²) >= 11 is 3.62. The van der Waals surface area contributed by atoms with Crippen LogP contribution in [-0.2, 0) is 0 Å². The summed E-state index contributed by atoms with van der Waals surface area (Å²) in [4.78, 5) is 4.73. The summed E-state index contributed by atoms with van der Waals surface area (Å²) in [6.07, 6.45) is 1.13. The lowest BCUT2D eigenvalue weighted by atomic mass is 10.1. The highest BCUT2D eigenvalue weighted by atomic mass is 79.9. The van der Waals surface area contributed by atoms with E-state index in [0.29, 0.717) is 0 Å². The van der Waals surface area contributed by atoms with Gasteiger partial charge in [-0.3, -0.25) is 4.90 Å². The van der Waals surface area contributed by atoms with E-state index in [0.717, 1.165) is 49.2 Å². The van der Waals surface area contributed by atoms with Gasteiger partial charge in [0.2, 0.25) is 0 Å². The van der Waals surface area contributed by atoms with Crippen molar-refractivity contribution in [2.75, 3.05) is 44.2 Å². The molecule has 20 heavy (non-hydrogen) atoms. The fraction of sp³-hybridized carbons (Fsp3) is 0.600. The summed E-state index contributed by atoms with van der Waals surface area (Å²) in [5.74, 6) is 0. The van der Waals surface area contributed by atoms with Crippen molar-refractivity contribution in [2.45, 2.75) is 19.4 Å². The Kier molecular flexibility index (Phi) is 5.84. The number of hydrogen-bond acceptors (Lipinski definition) is 4. The first-order chi connectivity index (χ1) is 9.61. The van der Waals surface area contributed by atoms with E-state index in [2.05, 4.69) is 43.9 Å². The molecule has 0 radical (unpaired) electrons. The Morgan fingerprint density at radius 1 is 1.30 bits per heavy atom. The van der Waals surface area contributed by atoms with E-state index >= 15 is 0 Å². The Labute approximate surface area is 129 Å². The monoisotopic (exact) mass is 341 g/mol. The third-order valence-corrected chi connectivity index (χ3v) is 4.53. The molecule has 3 N–H and O–H groups in total. The maximum absolute atomic E-state index is 9.04.